The van der Waals surface area contributed by atoms with Gasteiger partial charge in [0, 0.05) is 19.4 Å². The number of aromatic nitrogens is 4. The van der Waals surface area contributed by atoms with E-state index < -0.39 is 0 Å². The molecule has 0 aliphatic rings. The number of anilines is 1. The number of hydrogen-bond donors (Lipinski definition) is 1. The van der Waals surface area contributed by atoms with Crippen molar-refractivity contribution in [2.45, 2.75) is 0 Å². The predicted octanol–water partition coefficient (Wildman–Crippen LogP) is 0.973. The van der Waals surface area contributed by atoms with Gasteiger partial charge in [-0.15, -0.1) is 0 Å². The summed E-state index contributed by atoms with van der Waals surface area (Å²) in [5.74, 6) is 0.215. The molecule has 0 atom stereocenters. The summed E-state index contributed by atoms with van der Waals surface area (Å²) in [5.41, 5.74) is 7.04. The minimum Gasteiger partial charge on any atom is -0.383 e. The molecule has 0 unspecified atom stereocenters. The van der Waals surface area contributed by atoms with Crippen LogP contribution in [0.4, 0.5) is 5.82 Å². The van der Waals surface area contributed by atoms with Gasteiger partial charge in [-0.3, -0.25) is 4.79 Å². The molecule has 0 saturated heterocycles. The smallest absolute Gasteiger partial charge is 0.261 e. The predicted molar refractivity (Wildman–Crippen MR) is 72.4 cm³/mol. The lowest BCUT2D eigenvalue weighted by Gasteiger charge is -2.06. The molecule has 3 aromatic rings. The average molecular weight is 253 g/mol. The van der Waals surface area contributed by atoms with Gasteiger partial charge in [-0.2, -0.15) is 0 Å². The van der Waals surface area contributed by atoms with Crippen LogP contribution in [0.5, 0.6) is 0 Å². The van der Waals surface area contributed by atoms with Gasteiger partial charge >= 0.3 is 0 Å². The van der Waals surface area contributed by atoms with E-state index in [9.17, 15) is 4.79 Å². The van der Waals surface area contributed by atoms with Crippen LogP contribution in [0.25, 0.3) is 22.2 Å². The van der Waals surface area contributed by atoms with E-state index >= 15 is 0 Å². The van der Waals surface area contributed by atoms with Gasteiger partial charge in [-0.1, -0.05) is 0 Å². The normalized spacial score (nSPS) is 10.8. The highest BCUT2D eigenvalue weighted by Gasteiger charge is 2.09. The van der Waals surface area contributed by atoms with E-state index in [0.29, 0.717) is 16.8 Å². The maximum atomic E-state index is 12.0. The van der Waals surface area contributed by atoms with Crippen LogP contribution in [0.1, 0.15) is 0 Å². The highest BCUT2D eigenvalue weighted by molar-refractivity contribution is 5.92. The van der Waals surface area contributed by atoms with Crippen molar-refractivity contribution in [3.8, 4) is 11.4 Å². The molecule has 0 spiro atoms. The van der Waals surface area contributed by atoms with Gasteiger partial charge in [0.05, 0.1) is 16.8 Å². The van der Waals surface area contributed by atoms with Crippen LogP contribution in [0.2, 0.25) is 0 Å². The van der Waals surface area contributed by atoms with Crippen LogP contribution in [0, 0.1) is 0 Å². The largest absolute Gasteiger partial charge is 0.383 e. The second-order valence-corrected chi connectivity index (χ2v) is 4.18. The molecule has 0 aliphatic carbocycles. The Morgan fingerprint density at radius 1 is 1.26 bits per heavy atom. The molecule has 0 saturated carbocycles. The number of nitrogens with zero attached hydrogens (tertiary/aromatic N) is 4. The molecule has 3 rings (SSSR count). The molecular weight excluding hydrogens is 242 g/mol. The molecule has 6 nitrogen and oxygen atoms in total. The van der Waals surface area contributed by atoms with Crippen LogP contribution >= 0.6 is 0 Å². The third kappa shape index (κ3) is 1.83. The SMILES string of the molecule is Cn1ccc2cc(-c3ccncn3)nc(N)c2c1=O. The van der Waals surface area contributed by atoms with Gasteiger partial charge < -0.3 is 10.3 Å². The van der Waals surface area contributed by atoms with Crippen LogP contribution in [0.3, 0.4) is 0 Å². The van der Waals surface area contributed by atoms with E-state index in [1.54, 1.807) is 31.6 Å². The molecule has 3 aromatic heterocycles. The minimum absolute atomic E-state index is 0.156. The number of nitrogens with two attached hydrogens (primary N) is 1. The van der Waals surface area contributed by atoms with Gasteiger partial charge in [0.1, 0.15) is 12.1 Å². The number of fused-ring (bicyclic) bond motifs is 1. The Hall–Kier alpha value is -2.76. The average Bonchev–Trinajstić information content (AvgIpc) is 2.43. The standard InChI is InChI=1S/C13H11N5O/c1-18-5-3-8-6-10(9-2-4-15-7-16-9)17-12(14)11(8)13(18)19/h2-7H,1H3,(H2,14,17). The van der Waals surface area contributed by atoms with Gasteiger partial charge in [0.25, 0.3) is 5.56 Å². The first-order chi connectivity index (χ1) is 9.16. The summed E-state index contributed by atoms with van der Waals surface area (Å²) in [7, 11) is 1.68. The summed E-state index contributed by atoms with van der Waals surface area (Å²) >= 11 is 0. The molecule has 0 radical (unpaired) electrons. The highest BCUT2D eigenvalue weighted by atomic mass is 16.1. The van der Waals surface area contributed by atoms with Crippen LogP contribution in [0.15, 0.2) is 41.7 Å². The summed E-state index contributed by atoms with van der Waals surface area (Å²) in [5, 5.41) is 1.19. The van der Waals surface area contributed by atoms with Crippen molar-refractivity contribution in [3.63, 3.8) is 0 Å². The van der Waals surface area contributed by atoms with Crippen molar-refractivity contribution in [2.75, 3.05) is 5.73 Å². The fourth-order valence-electron chi connectivity index (χ4n) is 1.96. The first-order valence-corrected chi connectivity index (χ1v) is 5.69. The fraction of sp³-hybridized carbons (Fsp3) is 0.0769. The Morgan fingerprint density at radius 3 is 2.84 bits per heavy atom. The van der Waals surface area contributed by atoms with E-state index in [-0.39, 0.29) is 11.4 Å². The van der Waals surface area contributed by atoms with E-state index in [0.717, 1.165) is 5.39 Å². The zero-order valence-corrected chi connectivity index (χ0v) is 10.2. The zero-order valence-electron chi connectivity index (χ0n) is 10.2. The van der Waals surface area contributed by atoms with Gasteiger partial charge in [0.2, 0.25) is 0 Å². The first kappa shape index (κ1) is 11.3. The second-order valence-electron chi connectivity index (χ2n) is 4.18. The summed E-state index contributed by atoms with van der Waals surface area (Å²) in [6, 6.07) is 5.38. The van der Waals surface area contributed by atoms with Crippen molar-refractivity contribution >= 4 is 16.6 Å². The fourth-order valence-corrected chi connectivity index (χ4v) is 1.96. The Kier molecular flexibility index (Phi) is 2.49. The maximum Gasteiger partial charge on any atom is 0.261 e. The molecule has 19 heavy (non-hydrogen) atoms. The first-order valence-electron chi connectivity index (χ1n) is 5.69. The number of aryl methyl sites for hydroxylation is 1. The topological polar surface area (TPSA) is 86.7 Å². The Balaban J connectivity index is 2.33. The highest BCUT2D eigenvalue weighted by Crippen LogP contribution is 2.22. The molecule has 94 valence electrons. The third-order valence-corrected chi connectivity index (χ3v) is 2.93. The van der Waals surface area contributed by atoms with Gasteiger partial charge in [-0.05, 0) is 23.6 Å². The summed E-state index contributed by atoms with van der Waals surface area (Å²) in [6.45, 7) is 0. The minimum atomic E-state index is -0.156. The van der Waals surface area contributed by atoms with Crippen LogP contribution in [-0.2, 0) is 7.05 Å². The van der Waals surface area contributed by atoms with E-state index in [1.165, 1.54) is 10.9 Å². The van der Waals surface area contributed by atoms with Gasteiger partial charge in [-0.25, -0.2) is 15.0 Å². The van der Waals surface area contributed by atoms with Crippen molar-refractivity contribution in [1.82, 2.24) is 19.5 Å². The molecule has 0 aromatic carbocycles. The molecule has 6 heteroatoms. The Bertz CT molecular complexity index is 810. The molecular formula is C13H11N5O. The Morgan fingerprint density at radius 2 is 2.11 bits per heavy atom. The van der Waals surface area contributed by atoms with Crippen molar-refractivity contribution in [1.29, 1.82) is 0 Å². The number of hydrogen-bond acceptors (Lipinski definition) is 5. The third-order valence-electron chi connectivity index (χ3n) is 2.93. The Labute approximate surface area is 108 Å². The van der Waals surface area contributed by atoms with E-state index in [1.807, 2.05) is 6.07 Å². The number of nitrogen functional groups attached to an aromatic ring is 1. The molecule has 0 aliphatic heterocycles. The van der Waals surface area contributed by atoms with Gasteiger partial charge in [0.15, 0.2) is 0 Å². The lowest BCUT2D eigenvalue weighted by molar-refractivity contribution is 0.873. The summed E-state index contributed by atoms with van der Waals surface area (Å²) < 4.78 is 1.48. The van der Waals surface area contributed by atoms with E-state index in [4.69, 9.17) is 5.73 Å². The lowest BCUT2D eigenvalue weighted by atomic mass is 10.1. The zero-order chi connectivity index (χ0) is 13.4. The van der Waals surface area contributed by atoms with Crippen LogP contribution in [-0.4, -0.2) is 19.5 Å². The van der Waals surface area contributed by atoms with E-state index in [2.05, 4.69) is 15.0 Å². The van der Waals surface area contributed by atoms with Crippen molar-refractivity contribution in [3.05, 3.63) is 47.3 Å². The molecule has 0 amide bonds. The lowest BCUT2D eigenvalue weighted by Crippen LogP contribution is -2.17. The number of pyridine rings is 2. The quantitative estimate of drug-likeness (QED) is 0.698. The maximum absolute atomic E-state index is 12.0. The second kappa shape index (κ2) is 4.16. The molecule has 2 N–H and O–H groups in total. The number of rotatable bonds is 1. The van der Waals surface area contributed by atoms with Crippen molar-refractivity contribution < 1.29 is 0 Å². The summed E-state index contributed by atoms with van der Waals surface area (Å²) in [6.07, 6.45) is 4.78. The molecule has 0 bridgehead atoms. The van der Waals surface area contributed by atoms with Crippen molar-refractivity contribution in [2.24, 2.45) is 7.05 Å². The monoisotopic (exact) mass is 253 g/mol. The molecule has 0 fully saturated rings. The molecule has 3 heterocycles. The summed E-state index contributed by atoms with van der Waals surface area (Å²) in [4.78, 5) is 24.2. The van der Waals surface area contributed by atoms with Crippen LogP contribution < -0.4 is 11.3 Å².